The second-order valence-electron chi connectivity index (χ2n) is 8.83. The lowest BCUT2D eigenvalue weighted by Crippen LogP contribution is -2.46. The summed E-state index contributed by atoms with van der Waals surface area (Å²) >= 11 is 12.6. The van der Waals surface area contributed by atoms with Crippen molar-refractivity contribution in [2.45, 2.75) is 25.4 Å². The number of rotatable bonds is 6. The molecule has 0 spiro atoms. The van der Waals surface area contributed by atoms with Gasteiger partial charge in [-0.3, -0.25) is 14.4 Å². The second kappa shape index (κ2) is 10.4. The number of aromatic nitrogens is 2. The fraction of sp³-hybridized carbons (Fsp3) is 0.308. The van der Waals surface area contributed by atoms with E-state index >= 15 is 0 Å². The number of fused-ring (bicyclic) bond motifs is 1. The molecule has 2 aromatic carbocycles. The fourth-order valence-corrected chi connectivity index (χ4v) is 5.42. The number of hydrogen-bond donors (Lipinski definition) is 1. The molecule has 1 N–H and O–H groups in total. The molecular weight excluding hydrogens is 519 g/mol. The Morgan fingerprint density at radius 2 is 1.76 bits per heavy atom. The molecule has 5 rings (SSSR count). The van der Waals surface area contributed by atoms with Gasteiger partial charge in [0.15, 0.2) is 5.69 Å². The highest BCUT2D eigenvalue weighted by atomic mass is 35.5. The zero-order valence-electron chi connectivity index (χ0n) is 19.8. The number of carbonyl (C=O) groups excluding carboxylic acids is 2. The molecule has 0 radical (unpaired) electrons. The van der Waals surface area contributed by atoms with Crippen molar-refractivity contribution in [1.29, 1.82) is 0 Å². The lowest BCUT2D eigenvalue weighted by atomic mass is 10.1. The van der Waals surface area contributed by atoms with Crippen LogP contribution in [0.25, 0.3) is 0 Å². The van der Waals surface area contributed by atoms with Gasteiger partial charge in [-0.15, -0.1) is 0 Å². The Morgan fingerprint density at radius 1 is 1.03 bits per heavy atom. The molecule has 9 nitrogen and oxygen atoms in total. The molecule has 0 bridgehead atoms. The predicted molar refractivity (Wildman–Crippen MR) is 137 cm³/mol. The Bertz CT molecular complexity index is 1390. The summed E-state index contributed by atoms with van der Waals surface area (Å²) < 4.78 is 7.26. The van der Waals surface area contributed by atoms with E-state index < -0.39 is 23.3 Å². The maximum atomic E-state index is 13.4. The summed E-state index contributed by atoms with van der Waals surface area (Å²) in [6.07, 6.45) is 1.20. The molecular formula is C26H24Cl2N4O5. The number of amides is 2. The molecule has 3 aromatic rings. The summed E-state index contributed by atoms with van der Waals surface area (Å²) in [5.74, 6) is -0.627. The monoisotopic (exact) mass is 542 g/mol. The van der Waals surface area contributed by atoms with Crippen LogP contribution < -0.4 is 10.3 Å². The van der Waals surface area contributed by atoms with Gasteiger partial charge in [-0.05, 0) is 37.1 Å². The Balaban J connectivity index is 1.42. The van der Waals surface area contributed by atoms with E-state index in [0.717, 1.165) is 0 Å². The summed E-state index contributed by atoms with van der Waals surface area (Å²) in [6, 6.07) is 13.5. The number of ether oxygens (including phenoxy) is 1. The molecule has 2 amide bonds. The largest absolute Gasteiger partial charge is 0.501 e. The molecule has 3 heterocycles. The van der Waals surface area contributed by atoms with E-state index in [0.29, 0.717) is 38.2 Å². The first-order valence-corrected chi connectivity index (χ1v) is 12.7. The van der Waals surface area contributed by atoms with E-state index in [4.69, 9.17) is 27.9 Å². The van der Waals surface area contributed by atoms with Gasteiger partial charge >= 0.3 is 5.56 Å². The first kappa shape index (κ1) is 25.1. The molecule has 0 aliphatic carbocycles. The van der Waals surface area contributed by atoms with Crippen LogP contribution in [0.4, 0.5) is 0 Å². The number of aromatic hydroxyl groups is 1. The van der Waals surface area contributed by atoms with Crippen LogP contribution in [0.1, 0.15) is 45.6 Å². The van der Waals surface area contributed by atoms with Crippen LogP contribution in [-0.2, 0) is 6.54 Å². The minimum Gasteiger partial charge on any atom is -0.501 e. The molecule has 1 fully saturated rings. The van der Waals surface area contributed by atoms with Crippen molar-refractivity contribution in [3.05, 3.63) is 86.0 Å². The minimum absolute atomic E-state index is 0.129. The Hall–Kier alpha value is -3.56. The quantitative estimate of drug-likeness (QED) is 0.508. The van der Waals surface area contributed by atoms with Crippen molar-refractivity contribution in [3.63, 3.8) is 0 Å². The number of benzene rings is 2. The summed E-state index contributed by atoms with van der Waals surface area (Å²) in [7, 11) is 0. The van der Waals surface area contributed by atoms with Crippen LogP contribution in [-0.4, -0.2) is 62.5 Å². The highest BCUT2D eigenvalue weighted by Crippen LogP contribution is 2.36. The van der Waals surface area contributed by atoms with Gasteiger partial charge in [0.1, 0.15) is 18.2 Å². The summed E-state index contributed by atoms with van der Waals surface area (Å²) in [5, 5.41) is 11.0. The van der Waals surface area contributed by atoms with E-state index in [9.17, 15) is 19.5 Å². The topological polar surface area (TPSA) is 105 Å². The summed E-state index contributed by atoms with van der Waals surface area (Å²) in [6.45, 7) is 1.57. The van der Waals surface area contributed by atoms with Gasteiger partial charge in [-0.25, -0.2) is 0 Å². The van der Waals surface area contributed by atoms with Gasteiger partial charge in [-0.2, -0.15) is 4.98 Å². The van der Waals surface area contributed by atoms with E-state index in [1.807, 2.05) is 30.3 Å². The third-order valence-corrected chi connectivity index (χ3v) is 7.26. The fourth-order valence-electron chi connectivity index (χ4n) is 4.86. The second-order valence-corrected chi connectivity index (χ2v) is 9.65. The molecule has 1 aromatic heterocycles. The molecule has 192 valence electrons. The molecule has 0 unspecified atom stereocenters. The lowest BCUT2D eigenvalue weighted by molar-refractivity contribution is 0.0656. The van der Waals surface area contributed by atoms with E-state index in [2.05, 4.69) is 4.98 Å². The van der Waals surface area contributed by atoms with Crippen molar-refractivity contribution in [2.75, 3.05) is 26.2 Å². The summed E-state index contributed by atoms with van der Waals surface area (Å²) in [5.41, 5.74) is -0.860. The molecule has 1 atom stereocenters. The number of nitrogens with zero attached hydrogens (tertiary/aromatic N) is 4. The van der Waals surface area contributed by atoms with Crippen molar-refractivity contribution in [2.24, 2.45) is 0 Å². The SMILES string of the molecule is O=C1c2c(O)c(=O)nc([C@@H]3CCCN3C(=O)c3c(Cl)cccc3Cl)n2CCN1CCOc1ccccc1. The number of carbonyl (C=O) groups is 2. The van der Waals surface area contributed by atoms with Crippen LogP contribution in [0.5, 0.6) is 11.5 Å². The normalized spacial score (nSPS) is 17.1. The smallest absolute Gasteiger partial charge is 0.315 e. The third-order valence-electron chi connectivity index (χ3n) is 6.63. The zero-order chi connectivity index (χ0) is 26.1. The molecule has 11 heteroatoms. The van der Waals surface area contributed by atoms with Crippen LogP contribution >= 0.6 is 23.2 Å². The van der Waals surface area contributed by atoms with Crippen LogP contribution in [0, 0.1) is 0 Å². The lowest BCUT2D eigenvalue weighted by Gasteiger charge is -2.34. The van der Waals surface area contributed by atoms with Crippen molar-refractivity contribution in [1.82, 2.24) is 19.4 Å². The first-order valence-electron chi connectivity index (χ1n) is 11.9. The first-order chi connectivity index (χ1) is 17.9. The molecule has 1 saturated heterocycles. The van der Waals surface area contributed by atoms with Crippen molar-refractivity contribution < 1.29 is 19.4 Å². The standard InChI is InChI=1S/C26H24Cl2N4O5/c27-17-8-4-9-18(28)20(17)25(35)31-11-5-10-19(31)23-29-24(34)22(33)21-26(36)30(12-13-32(21)23)14-15-37-16-6-2-1-3-7-16/h1-4,6-9,19,33H,5,10-15H2/t19-/m0/s1. The molecule has 37 heavy (non-hydrogen) atoms. The van der Waals surface area contributed by atoms with Gasteiger partial charge in [0.05, 0.1) is 28.2 Å². The number of likely N-dealkylation sites (tertiary alicyclic amines) is 1. The summed E-state index contributed by atoms with van der Waals surface area (Å²) in [4.78, 5) is 46.6. The molecule has 0 saturated carbocycles. The van der Waals surface area contributed by atoms with Gasteiger partial charge < -0.3 is 24.2 Å². The van der Waals surface area contributed by atoms with Crippen LogP contribution in [0.3, 0.4) is 0 Å². The highest BCUT2D eigenvalue weighted by Gasteiger charge is 2.38. The van der Waals surface area contributed by atoms with Crippen LogP contribution in [0.2, 0.25) is 10.0 Å². The molecule has 2 aliphatic rings. The van der Waals surface area contributed by atoms with E-state index in [1.165, 1.54) is 4.90 Å². The Labute approximate surface area is 222 Å². The number of hydrogen-bond acceptors (Lipinski definition) is 6. The van der Waals surface area contributed by atoms with E-state index in [1.54, 1.807) is 27.7 Å². The minimum atomic E-state index is -0.910. The Kier molecular flexibility index (Phi) is 7.08. The van der Waals surface area contributed by atoms with Gasteiger partial charge in [0.2, 0.25) is 5.75 Å². The van der Waals surface area contributed by atoms with Gasteiger partial charge in [-0.1, -0.05) is 47.5 Å². The van der Waals surface area contributed by atoms with Gasteiger partial charge in [0, 0.05) is 19.6 Å². The average molecular weight is 543 g/mol. The highest BCUT2D eigenvalue weighted by molar-refractivity contribution is 6.39. The maximum Gasteiger partial charge on any atom is 0.315 e. The van der Waals surface area contributed by atoms with Gasteiger partial charge in [0.25, 0.3) is 11.8 Å². The average Bonchev–Trinajstić information content (AvgIpc) is 3.37. The van der Waals surface area contributed by atoms with E-state index in [-0.39, 0.29) is 46.2 Å². The predicted octanol–water partition coefficient (Wildman–Crippen LogP) is 3.77. The van der Waals surface area contributed by atoms with Crippen molar-refractivity contribution in [3.8, 4) is 11.5 Å². The molecule has 2 aliphatic heterocycles. The number of halogens is 2. The Morgan fingerprint density at radius 3 is 2.49 bits per heavy atom. The number of para-hydroxylation sites is 1. The van der Waals surface area contributed by atoms with Crippen molar-refractivity contribution >= 4 is 35.0 Å². The zero-order valence-corrected chi connectivity index (χ0v) is 21.3. The van der Waals surface area contributed by atoms with Crippen LogP contribution in [0.15, 0.2) is 53.3 Å². The maximum absolute atomic E-state index is 13.4. The third kappa shape index (κ3) is 4.76.